The molecule has 0 saturated carbocycles. The number of fused-ring (bicyclic) bond motifs is 1. The number of carbonyl (C=O) groups excluding carboxylic acids is 1. The van der Waals surface area contributed by atoms with E-state index in [0.717, 1.165) is 76.9 Å². The van der Waals surface area contributed by atoms with Crippen LogP contribution in [0.5, 0.6) is 0 Å². The second-order valence-corrected chi connectivity index (χ2v) is 13.9. The van der Waals surface area contributed by atoms with E-state index in [4.69, 9.17) is 9.47 Å². The molecule has 10 heteroatoms. The van der Waals surface area contributed by atoms with Crippen LogP contribution in [0.15, 0.2) is 126 Å². The fourth-order valence-electron chi connectivity index (χ4n) is 7.67. The molecule has 4 aromatic carbocycles. The molecule has 53 heavy (non-hydrogen) atoms. The van der Waals surface area contributed by atoms with Crippen LogP contribution in [0.4, 0.5) is 0 Å². The number of piperidine rings is 1. The number of aliphatic hydroxyl groups is 1. The first kappa shape index (κ1) is 34.7. The monoisotopic (exact) mass is 709 g/mol. The van der Waals surface area contributed by atoms with Crippen LogP contribution >= 0.6 is 0 Å². The standard InChI is InChI=1S/C43H43N5O5/c49-28-29-11-13-31(14-12-29)40-24-36(27-47-22-19-35(20-23-47)48-39-10-4-3-9-38(39)46-43(48)51)52-42(53-40)32-17-15-30(16-18-32)37-8-2-1-6-33(37)26-45-41(50)34-7-5-21-44-25-34/h1-18,21,25,35-36,40,42,49H,19-20,22-24,26-28H2,(H,45,50)(H,46,51)/t36-,40+,42+/m1/s1. The highest BCUT2D eigenvalue weighted by Gasteiger charge is 2.34. The predicted molar refractivity (Wildman–Crippen MR) is 203 cm³/mol. The van der Waals surface area contributed by atoms with Crippen molar-refractivity contribution >= 4 is 16.9 Å². The number of aromatic nitrogens is 3. The number of amides is 1. The molecule has 0 radical (unpaired) electrons. The van der Waals surface area contributed by atoms with Gasteiger partial charge in [0.1, 0.15) is 0 Å². The lowest BCUT2D eigenvalue weighted by atomic mass is 9.97. The number of hydrogen-bond donors (Lipinski definition) is 3. The highest BCUT2D eigenvalue weighted by atomic mass is 16.7. The summed E-state index contributed by atoms with van der Waals surface area (Å²) in [6.45, 7) is 2.88. The average molecular weight is 710 g/mol. The number of para-hydroxylation sites is 2. The lowest BCUT2D eigenvalue weighted by Gasteiger charge is -2.40. The Morgan fingerprint density at radius 2 is 1.62 bits per heavy atom. The SMILES string of the molecule is O=C(NCc1ccccc1-c1ccc([C@H]2O[C@@H](CN3CCC(n4c(=O)[nH]c5ccccc54)CC3)C[C@@H](c3ccc(CO)cc3)O2)cc1)c1cccnc1. The minimum Gasteiger partial charge on any atom is -0.392 e. The van der Waals surface area contributed by atoms with Gasteiger partial charge in [0.2, 0.25) is 0 Å². The number of pyridine rings is 1. The van der Waals surface area contributed by atoms with E-state index in [0.29, 0.717) is 18.5 Å². The molecule has 2 saturated heterocycles. The van der Waals surface area contributed by atoms with Crippen LogP contribution in [0.2, 0.25) is 0 Å². The first-order chi connectivity index (χ1) is 26.0. The van der Waals surface area contributed by atoms with Crippen molar-refractivity contribution in [1.29, 1.82) is 0 Å². The van der Waals surface area contributed by atoms with Crippen molar-refractivity contribution < 1.29 is 19.4 Å². The molecule has 1 amide bonds. The van der Waals surface area contributed by atoms with Crippen molar-refractivity contribution in [2.45, 2.75) is 57.0 Å². The van der Waals surface area contributed by atoms with Gasteiger partial charge < -0.3 is 29.8 Å². The molecule has 2 fully saturated rings. The van der Waals surface area contributed by atoms with Crippen LogP contribution in [0, 0.1) is 0 Å². The predicted octanol–water partition coefficient (Wildman–Crippen LogP) is 6.70. The van der Waals surface area contributed by atoms with Gasteiger partial charge in [-0.3, -0.25) is 14.3 Å². The summed E-state index contributed by atoms with van der Waals surface area (Å²) >= 11 is 0. The number of benzene rings is 4. The molecule has 2 aliphatic heterocycles. The molecule has 8 rings (SSSR count). The van der Waals surface area contributed by atoms with Crippen LogP contribution in [-0.2, 0) is 22.6 Å². The molecule has 10 nitrogen and oxygen atoms in total. The zero-order valence-electron chi connectivity index (χ0n) is 29.4. The van der Waals surface area contributed by atoms with Gasteiger partial charge in [-0.05, 0) is 64.9 Å². The van der Waals surface area contributed by atoms with Gasteiger partial charge in [0, 0.05) is 56.6 Å². The zero-order chi connectivity index (χ0) is 36.1. The quantitative estimate of drug-likeness (QED) is 0.145. The Hall–Kier alpha value is -5.39. The minimum absolute atomic E-state index is 0.00680. The number of ether oxygens (including phenoxy) is 2. The van der Waals surface area contributed by atoms with Gasteiger partial charge in [-0.2, -0.15) is 0 Å². The lowest BCUT2D eigenvalue weighted by molar-refractivity contribution is -0.253. The van der Waals surface area contributed by atoms with Crippen LogP contribution in [-0.4, -0.2) is 56.2 Å². The Morgan fingerprint density at radius 3 is 2.40 bits per heavy atom. The van der Waals surface area contributed by atoms with Gasteiger partial charge in [-0.25, -0.2) is 4.79 Å². The topological polar surface area (TPSA) is 122 Å². The first-order valence-corrected chi connectivity index (χ1v) is 18.3. The number of H-pyrrole nitrogens is 1. The van der Waals surface area contributed by atoms with Crippen molar-refractivity contribution in [2.75, 3.05) is 19.6 Å². The molecule has 0 bridgehead atoms. The van der Waals surface area contributed by atoms with E-state index < -0.39 is 6.29 Å². The second kappa shape index (κ2) is 15.7. The summed E-state index contributed by atoms with van der Waals surface area (Å²) in [4.78, 5) is 35.1. The van der Waals surface area contributed by atoms with Crippen molar-refractivity contribution in [2.24, 2.45) is 0 Å². The van der Waals surface area contributed by atoms with Gasteiger partial charge in [-0.15, -0.1) is 0 Å². The van der Waals surface area contributed by atoms with Gasteiger partial charge in [0.15, 0.2) is 6.29 Å². The van der Waals surface area contributed by atoms with Crippen LogP contribution < -0.4 is 11.0 Å². The van der Waals surface area contributed by atoms with E-state index in [2.05, 4.69) is 50.5 Å². The van der Waals surface area contributed by atoms with Gasteiger partial charge in [-0.1, -0.05) is 84.9 Å². The Balaban J connectivity index is 0.970. The maximum absolute atomic E-state index is 12.9. The van der Waals surface area contributed by atoms with Crippen molar-refractivity contribution in [3.8, 4) is 11.1 Å². The fourth-order valence-corrected chi connectivity index (χ4v) is 7.67. The number of carbonyl (C=O) groups is 1. The highest BCUT2D eigenvalue weighted by Crippen LogP contribution is 2.39. The summed E-state index contributed by atoms with van der Waals surface area (Å²) in [5, 5.41) is 12.6. The number of nitrogens with zero attached hydrogens (tertiary/aromatic N) is 3. The molecule has 3 N–H and O–H groups in total. The van der Waals surface area contributed by atoms with E-state index in [9.17, 15) is 14.7 Å². The van der Waals surface area contributed by atoms with E-state index in [1.54, 1.807) is 24.5 Å². The third-order valence-corrected chi connectivity index (χ3v) is 10.5. The summed E-state index contributed by atoms with van der Waals surface area (Å²) in [7, 11) is 0. The fraction of sp³-hybridized carbons (Fsp3) is 0.279. The maximum atomic E-state index is 12.9. The molecule has 4 heterocycles. The number of likely N-dealkylation sites (tertiary alicyclic amines) is 1. The summed E-state index contributed by atoms with van der Waals surface area (Å²) in [5.74, 6) is -0.168. The maximum Gasteiger partial charge on any atom is 0.326 e. The van der Waals surface area contributed by atoms with Crippen LogP contribution in [0.3, 0.4) is 0 Å². The van der Waals surface area contributed by atoms with Crippen molar-refractivity contribution in [3.05, 3.63) is 160 Å². The first-order valence-electron chi connectivity index (χ1n) is 18.3. The Kier molecular flexibility index (Phi) is 10.3. The molecule has 0 spiro atoms. The van der Waals surface area contributed by atoms with Gasteiger partial charge >= 0.3 is 5.69 Å². The summed E-state index contributed by atoms with van der Waals surface area (Å²) in [6.07, 6.45) is 4.86. The summed E-state index contributed by atoms with van der Waals surface area (Å²) in [5.41, 5.74) is 8.23. The van der Waals surface area contributed by atoms with Gasteiger partial charge in [0.25, 0.3) is 5.91 Å². The Bertz CT molecular complexity index is 2210. The number of aliphatic hydroxyl groups excluding tert-OH is 1. The second-order valence-electron chi connectivity index (χ2n) is 13.9. The molecule has 6 aromatic rings. The number of imidazole rings is 1. The summed E-state index contributed by atoms with van der Waals surface area (Å²) < 4.78 is 15.3. The minimum atomic E-state index is -0.568. The molecule has 3 atom stereocenters. The number of rotatable bonds is 10. The van der Waals surface area contributed by atoms with Crippen molar-refractivity contribution in [1.82, 2.24) is 24.8 Å². The lowest BCUT2D eigenvalue weighted by Crippen LogP contribution is -2.43. The molecule has 2 aromatic heterocycles. The number of hydrogen-bond acceptors (Lipinski definition) is 7. The number of nitrogens with one attached hydrogen (secondary N) is 2. The smallest absolute Gasteiger partial charge is 0.326 e. The van der Waals surface area contributed by atoms with Gasteiger partial charge in [0.05, 0.1) is 35.4 Å². The Labute approximate surface area is 308 Å². The molecule has 2 aliphatic rings. The van der Waals surface area contributed by atoms with Crippen LogP contribution in [0.1, 0.15) is 70.3 Å². The van der Waals surface area contributed by atoms with E-state index in [1.165, 1.54) is 0 Å². The molecule has 0 unspecified atom stereocenters. The van der Waals surface area contributed by atoms with E-state index in [-0.39, 0.29) is 36.5 Å². The molecule has 0 aliphatic carbocycles. The zero-order valence-corrected chi connectivity index (χ0v) is 29.4. The molecule has 270 valence electrons. The Morgan fingerprint density at radius 1 is 0.868 bits per heavy atom. The third kappa shape index (κ3) is 7.72. The van der Waals surface area contributed by atoms with Crippen LogP contribution in [0.25, 0.3) is 22.2 Å². The normalized spacial score (nSPS) is 19.7. The van der Waals surface area contributed by atoms with E-state index in [1.807, 2.05) is 71.3 Å². The highest BCUT2D eigenvalue weighted by molar-refractivity contribution is 5.93. The largest absolute Gasteiger partial charge is 0.392 e. The van der Waals surface area contributed by atoms with E-state index >= 15 is 0 Å². The molecular weight excluding hydrogens is 667 g/mol. The average Bonchev–Trinajstić information content (AvgIpc) is 3.56. The third-order valence-electron chi connectivity index (χ3n) is 10.5. The number of aromatic amines is 1. The van der Waals surface area contributed by atoms with Crippen molar-refractivity contribution in [3.63, 3.8) is 0 Å². The summed E-state index contributed by atoms with van der Waals surface area (Å²) in [6, 6.07) is 35.9. The molecular formula is C43H43N5O5.